The summed E-state index contributed by atoms with van der Waals surface area (Å²) in [4.78, 5) is 36.1. The summed E-state index contributed by atoms with van der Waals surface area (Å²) in [6.45, 7) is -0.0782. The third-order valence-corrected chi connectivity index (χ3v) is 4.75. The van der Waals surface area contributed by atoms with Crippen LogP contribution in [-0.2, 0) is 11.3 Å². The van der Waals surface area contributed by atoms with Gasteiger partial charge in [-0.05, 0) is 41.6 Å². The van der Waals surface area contributed by atoms with Crippen LogP contribution in [0.5, 0.6) is 5.75 Å². The number of rotatable bonds is 4. The number of non-ortho nitro benzene ring substituents is 1. The van der Waals surface area contributed by atoms with Gasteiger partial charge in [0.1, 0.15) is 5.75 Å². The Hall–Kier alpha value is -2.84. The van der Waals surface area contributed by atoms with E-state index in [1.54, 1.807) is 6.07 Å². The van der Waals surface area contributed by atoms with E-state index in [-0.39, 0.29) is 22.9 Å². The van der Waals surface area contributed by atoms with Crippen LogP contribution in [0.25, 0.3) is 6.08 Å². The molecule has 1 fully saturated rings. The molecule has 0 unspecified atom stereocenters. The zero-order chi connectivity index (χ0) is 18.8. The zero-order valence-electron chi connectivity index (χ0n) is 13.1. The first-order valence-corrected chi connectivity index (χ1v) is 8.52. The maximum absolute atomic E-state index is 12.5. The summed E-state index contributed by atoms with van der Waals surface area (Å²) in [6.07, 6.45) is 1.39. The molecule has 1 saturated heterocycles. The molecule has 0 aliphatic carbocycles. The predicted molar refractivity (Wildman–Crippen MR) is 97.7 cm³/mol. The maximum Gasteiger partial charge on any atom is 0.293 e. The highest BCUT2D eigenvalue weighted by atomic mass is 35.5. The van der Waals surface area contributed by atoms with Gasteiger partial charge in [-0.1, -0.05) is 23.7 Å². The highest BCUT2D eigenvalue weighted by Gasteiger charge is 2.35. The van der Waals surface area contributed by atoms with Crippen LogP contribution < -0.4 is 0 Å². The first kappa shape index (κ1) is 18.0. The van der Waals surface area contributed by atoms with Gasteiger partial charge < -0.3 is 5.11 Å². The van der Waals surface area contributed by atoms with Crippen molar-refractivity contribution in [2.24, 2.45) is 0 Å². The van der Waals surface area contributed by atoms with E-state index in [2.05, 4.69) is 0 Å². The minimum atomic E-state index is -0.543. The number of imide groups is 1. The average Bonchev–Trinajstić information content (AvgIpc) is 2.86. The number of amides is 2. The third-order valence-electron chi connectivity index (χ3n) is 3.61. The number of halogens is 1. The number of nitro groups is 1. The lowest BCUT2D eigenvalue weighted by Gasteiger charge is -2.12. The molecule has 26 heavy (non-hydrogen) atoms. The molecule has 1 aliphatic heterocycles. The van der Waals surface area contributed by atoms with Gasteiger partial charge in [0.2, 0.25) is 0 Å². The van der Waals surface area contributed by atoms with Crippen molar-refractivity contribution < 1.29 is 19.6 Å². The van der Waals surface area contributed by atoms with Gasteiger partial charge in [-0.25, -0.2) is 0 Å². The lowest BCUT2D eigenvalue weighted by atomic mass is 10.1. The third kappa shape index (κ3) is 3.71. The van der Waals surface area contributed by atoms with Gasteiger partial charge in [0.05, 0.1) is 16.4 Å². The Morgan fingerprint density at radius 1 is 1.23 bits per heavy atom. The van der Waals surface area contributed by atoms with Crippen LogP contribution in [0.1, 0.15) is 11.1 Å². The van der Waals surface area contributed by atoms with Crippen LogP contribution in [0.15, 0.2) is 47.4 Å². The summed E-state index contributed by atoms with van der Waals surface area (Å²) in [5.41, 5.74) is 0.667. The molecule has 1 heterocycles. The Kier molecular flexibility index (Phi) is 4.97. The second-order valence-electron chi connectivity index (χ2n) is 5.40. The molecule has 1 aliphatic rings. The zero-order valence-corrected chi connectivity index (χ0v) is 14.7. The first-order valence-electron chi connectivity index (χ1n) is 7.32. The van der Waals surface area contributed by atoms with E-state index >= 15 is 0 Å². The molecule has 2 aromatic carbocycles. The molecule has 3 rings (SSSR count). The largest absolute Gasteiger partial charge is 0.507 e. The second-order valence-corrected chi connectivity index (χ2v) is 6.83. The van der Waals surface area contributed by atoms with Gasteiger partial charge in [0.25, 0.3) is 16.8 Å². The number of hydrogen-bond acceptors (Lipinski definition) is 6. The van der Waals surface area contributed by atoms with Crippen LogP contribution in [0.2, 0.25) is 5.02 Å². The Morgan fingerprint density at radius 2 is 2.00 bits per heavy atom. The molecule has 2 amide bonds. The SMILES string of the molecule is O=C1S/C(=C/c2cc(Cl)ccc2O)C(=O)N1Cc1cccc([N+](=O)[O-])c1. The van der Waals surface area contributed by atoms with Crippen LogP contribution in [0.3, 0.4) is 0 Å². The quantitative estimate of drug-likeness (QED) is 0.477. The monoisotopic (exact) mass is 390 g/mol. The maximum atomic E-state index is 12.5. The van der Waals surface area contributed by atoms with E-state index < -0.39 is 16.1 Å². The summed E-state index contributed by atoms with van der Waals surface area (Å²) >= 11 is 6.61. The average molecular weight is 391 g/mol. The standard InChI is InChI=1S/C17H11ClN2O5S/c18-12-4-5-14(21)11(7-12)8-15-16(22)19(17(23)26-15)9-10-2-1-3-13(6-10)20(24)25/h1-8,21H,9H2/b15-8+. The van der Waals surface area contributed by atoms with Gasteiger partial charge in [-0.15, -0.1) is 0 Å². The number of hydrogen-bond donors (Lipinski definition) is 1. The Morgan fingerprint density at radius 3 is 2.73 bits per heavy atom. The molecule has 0 saturated carbocycles. The van der Waals surface area contributed by atoms with Crippen molar-refractivity contribution in [2.75, 3.05) is 0 Å². The van der Waals surface area contributed by atoms with Gasteiger partial charge in [-0.3, -0.25) is 24.6 Å². The number of nitro benzene ring substituents is 1. The van der Waals surface area contributed by atoms with Crippen molar-refractivity contribution >= 4 is 46.3 Å². The molecule has 9 heteroatoms. The van der Waals surface area contributed by atoms with Crippen LogP contribution in [0.4, 0.5) is 10.5 Å². The van der Waals surface area contributed by atoms with E-state index in [9.17, 15) is 24.8 Å². The number of phenols is 1. The second kappa shape index (κ2) is 7.19. The highest BCUT2D eigenvalue weighted by molar-refractivity contribution is 8.18. The fraction of sp³-hybridized carbons (Fsp3) is 0.0588. The minimum Gasteiger partial charge on any atom is -0.507 e. The molecule has 0 radical (unpaired) electrons. The van der Waals surface area contributed by atoms with Crippen LogP contribution in [0, 0.1) is 10.1 Å². The molecule has 2 aromatic rings. The number of nitrogens with zero attached hydrogens (tertiary/aromatic N) is 2. The molecule has 7 nitrogen and oxygen atoms in total. The lowest BCUT2D eigenvalue weighted by molar-refractivity contribution is -0.384. The van der Waals surface area contributed by atoms with Gasteiger partial charge in [-0.2, -0.15) is 0 Å². The molecule has 0 atom stereocenters. The smallest absolute Gasteiger partial charge is 0.293 e. The molecular formula is C17H11ClN2O5S. The predicted octanol–water partition coefficient (Wildman–Crippen LogP) is 4.19. The van der Waals surface area contributed by atoms with E-state index in [1.165, 1.54) is 42.5 Å². The molecule has 0 spiro atoms. The molecule has 0 aromatic heterocycles. The Bertz CT molecular complexity index is 960. The number of benzene rings is 2. The van der Waals surface area contributed by atoms with Crippen molar-refractivity contribution in [3.05, 3.63) is 73.6 Å². The van der Waals surface area contributed by atoms with Crippen molar-refractivity contribution in [1.82, 2.24) is 4.90 Å². The highest BCUT2D eigenvalue weighted by Crippen LogP contribution is 2.35. The van der Waals surface area contributed by atoms with Gasteiger partial charge in [0, 0.05) is 22.7 Å². The summed E-state index contributed by atoms with van der Waals surface area (Å²) in [7, 11) is 0. The van der Waals surface area contributed by atoms with Crippen molar-refractivity contribution in [1.29, 1.82) is 0 Å². The van der Waals surface area contributed by atoms with E-state index in [0.717, 1.165) is 16.7 Å². The first-order chi connectivity index (χ1) is 12.3. The topological polar surface area (TPSA) is 101 Å². The Balaban J connectivity index is 1.85. The summed E-state index contributed by atoms with van der Waals surface area (Å²) < 4.78 is 0. The summed E-state index contributed by atoms with van der Waals surface area (Å²) in [5, 5.41) is 20.6. The van der Waals surface area contributed by atoms with Gasteiger partial charge in [0.15, 0.2) is 0 Å². The number of carbonyl (C=O) groups excluding carboxylic acids is 2. The number of carbonyl (C=O) groups is 2. The van der Waals surface area contributed by atoms with E-state index in [1.807, 2.05) is 0 Å². The number of phenolic OH excluding ortho intramolecular Hbond substituents is 1. The molecule has 132 valence electrons. The fourth-order valence-electron chi connectivity index (χ4n) is 2.37. The molecular weight excluding hydrogens is 380 g/mol. The summed E-state index contributed by atoms with van der Waals surface area (Å²) in [5.74, 6) is -0.606. The summed E-state index contributed by atoms with van der Waals surface area (Å²) in [6, 6.07) is 10.1. The molecule has 0 bridgehead atoms. The van der Waals surface area contributed by atoms with E-state index in [4.69, 9.17) is 11.6 Å². The Labute approximate surface area is 157 Å². The van der Waals surface area contributed by atoms with E-state index in [0.29, 0.717) is 16.1 Å². The molecule has 1 N–H and O–H groups in total. The number of aromatic hydroxyl groups is 1. The van der Waals surface area contributed by atoms with Crippen molar-refractivity contribution in [2.45, 2.75) is 6.54 Å². The van der Waals surface area contributed by atoms with Crippen LogP contribution >= 0.6 is 23.4 Å². The van der Waals surface area contributed by atoms with Crippen molar-refractivity contribution in [3.8, 4) is 5.75 Å². The van der Waals surface area contributed by atoms with Gasteiger partial charge >= 0.3 is 0 Å². The normalized spacial score (nSPS) is 15.7. The van der Waals surface area contributed by atoms with Crippen LogP contribution in [-0.4, -0.2) is 26.1 Å². The lowest BCUT2D eigenvalue weighted by Crippen LogP contribution is -2.27. The fourth-order valence-corrected chi connectivity index (χ4v) is 3.38. The minimum absolute atomic E-state index is 0.0696. The number of thioether (sulfide) groups is 1. The van der Waals surface area contributed by atoms with Crippen molar-refractivity contribution in [3.63, 3.8) is 0 Å².